The van der Waals surface area contributed by atoms with Gasteiger partial charge in [-0.2, -0.15) is 5.26 Å². The van der Waals surface area contributed by atoms with E-state index in [-0.39, 0.29) is 18.1 Å². The van der Waals surface area contributed by atoms with Crippen molar-refractivity contribution in [3.8, 4) is 6.07 Å². The van der Waals surface area contributed by atoms with Crippen LogP contribution in [0.25, 0.3) is 0 Å². The van der Waals surface area contributed by atoms with Crippen molar-refractivity contribution in [2.75, 3.05) is 0 Å². The van der Waals surface area contributed by atoms with Crippen molar-refractivity contribution in [1.29, 1.82) is 5.26 Å². The zero-order chi connectivity index (χ0) is 6.27. The minimum atomic E-state index is 0.111. The zero-order valence-corrected chi connectivity index (χ0v) is 4.95. The van der Waals surface area contributed by atoms with Crippen LogP contribution < -0.4 is 0 Å². The summed E-state index contributed by atoms with van der Waals surface area (Å²) in [5.41, 5.74) is 0. The molecule has 2 rings (SSSR count). The Labute approximate surface area is 53.7 Å². The van der Waals surface area contributed by atoms with Crippen LogP contribution in [0.3, 0.4) is 0 Å². The van der Waals surface area contributed by atoms with E-state index in [1.165, 1.54) is 0 Å². The van der Waals surface area contributed by atoms with E-state index < -0.39 is 0 Å². The maximum atomic E-state index is 8.52. The Kier molecular flexibility index (Phi) is 0.882. The third-order valence-electron chi connectivity index (χ3n) is 1.90. The second-order valence-electron chi connectivity index (χ2n) is 2.50. The molecular weight excluding hydrogens is 114 g/mol. The lowest BCUT2D eigenvalue weighted by Crippen LogP contribution is -2.09. The largest absolute Gasteiger partial charge is 0.365 e. The van der Waals surface area contributed by atoms with Gasteiger partial charge in [-0.3, -0.25) is 0 Å². The minimum Gasteiger partial charge on any atom is -0.365 e. The van der Waals surface area contributed by atoms with E-state index in [0.29, 0.717) is 0 Å². The van der Waals surface area contributed by atoms with Gasteiger partial charge in [-0.15, -0.1) is 0 Å². The number of fused-ring (bicyclic) bond motifs is 2. The molecule has 2 bridgehead atoms. The van der Waals surface area contributed by atoms with E-state index >= 15 is 0 Å². The van der Waals surface area contributed by atoms with Crippen molar-refractivity contribution < 1.29 is 4.74 Å². The number of nitrogens with zero attached hydrogens (tertiary/aromatic N) is 1. The first-order chi connectivity index (χ1) is 4.40. The normalized spacial score (nSPS) is 45.4. The summed E-state index contributed by atoms with van der Waals surface area (Å²) in [5, 5.41) is 8.52. The summed E-state index contributed by atoms with van der Waals surface area (Å²) >= 11 is 0. The smallest absolute Gasteiger partial charge is 0.0924 e. The minimum absolute atomic E-state index is 0.111. The quantitative estimate of drug-likeness (QED) is 0.445. The van der Waals surface area contributed by atoms with E-state index in [9.17, 15) is 0 Å². The van der Waals surface area contributed by atoms with Crippen LogP contribution in [0.1, 0.15) is 6.42 Å². The first-order valence-electron chi connectivity index (χ1n) is 3.13. The van der Waals surface area contributed by atoms with Gasteiger partial charge in [0.2, 0.25) is 0 Å². The van der Waals surface area contributed by atoms with Gasteiger partial charge < -0.3 is 4.74 Å². The molecule has 2 heteroatoms. The van der Waals surface area contributed by atoms with Crippen LogP contribution in [0, 0.1) is 17.2 Å². The van der Waals surface area contributed by atoms with Crippen LogP contribution >= 0.6 is 0 Å². The molecule has 2 aliphatic heterocycles. The van der Waals surface area contributed by atoms with E-state index in [1.807, 2.05) is 12.2 Å². The van der Waals surface area contributed by atoms with Crippen molar-refractivity contribution in [3.05, 3.63) is 12.2 Å². The van der Waals surface area contributed by atoms with E-state index in [0.717, 1.165) is 6.42 Å². The molecule has 0 saturated carbocycles. The highest BCUT2D eigenvalue weighted by Gasteiger charge is 2.36. The summed E-state index contributed by atoms with van der Waals surface area (Å²) in [6.45, 7) is 0. The van der Waals surface area contributed by atoms with Gasteiger partial charge >= 0.3 is 0 Å². The summed E-state index contributed by atoms with van der Waals surface area (Å²) in [6, 6.07) is 2.22. The molecule has 2 heterocycles. The van der Waals surface area contributed by atoms with Crippen molar-refractivity contribution in [3.63, 3.8) is 0 Å². The Morgan fingerprint density at radius 3 is 2.78 bits per heavy atom. The molecule has 9 heavy (non-hydrogen) atoms. The summed E-state index contributed by atoms with van der Waals surface area (Å²) in [6.07, 6.45) is 5.29. The molecule has 2 unspecified atom stereocenters. The Balaban J connectivity index is 2.22. The summed E-state index contributed by atoms with van der Waals surface area (Å²) in [7, 11) is 0. The maximum Gasteiger partial charge on any atom is 0.0924 e. The van der Waals surface area contributed by atoms with Gasteiger partial charge in [0.1, 0.15) is 0 Å². The van der Waals surface area contributed by atoms with Gasteiger partial charge in [-0.05, 0) is 6.42 Å². The molecule has 0 aromatic heterocycles. The highest BCUT2D eigenvalue weighted by Crippen LogP contribution is 2.32. The van der Waals surface area contributed by atoms with Gasteiger partial charge in [0.05, 0.1) is 24.2 Å². The van der Waals surface area contributed by atoms with Crippen LogP contribution in [-0.2, 0) is 4.74 Å². The molecule has 0 N–H and O–H groups in total. The maximum absolute atomic E-state index is 8.52. The first kappa shape index (κ1) is 5.01. The Morgan fingerprint density at radius 1 is 1.56 bits per heavy atom. The number of hydrogen-bond acceptors (Lipinski definition) is 2. The fourth-order valence-electron chi connectivity index (χ4n) is 1.40. The van der Waals surface area contributed by atoms with Gasteiger partial charge in [0.25, 0.3) is 0 Å². The molecule has 0 aliphatic carbocycles. The summed E-state index contributed by atoms with van der Waals surface area (Å²) in [5.74, 6) is 0.125. The van der Waals surface area contributed by atoms with E-state index in [2.05, 4.69) is 6.07 Å². The molecular formula is C7H7NO. The van der Waals surface area contributed by atoms with Gasteiger partial charge in [-0.1, -0.05) is 12.2 Å². The molecule has 1 saturated heterocycles. The van der Waals surface area contributed by atoms with E-state index in [4.69, 9.17) is 10.00 Å². The van der Waals surface area contributed by atoms with Crippen molar-refractivity contribution in [2.45, 2.75) is 18.6 Å². The standard InChI is InChI=1S/C7H7NO/c8-4-5-3-6-1-2-7(5)9-6/h1-2,5-7H,3H2/t5-,6?,7?/m0/s1. The van der Waals surface area contributed by atoms with Crippen LogP contribution in [0.15, 0.2) is 12.2 Å². The average molecular weight is 121 g/mol. The predicted molar refractivity (Wildman–Crippen MR) is 31.5 cm³/mol. The lowest BCUT2D eigenvalue weighted by molar-refractivity contribution is 0.114. The highest BCUT2D eigenvalue weighted by molar-refractivity contribution is 5.15. The molecule has 1 fully saturated rings. The fraction of sp³-hybridized carbons (Fsp3) is 0.571. The van der Waals surface area contributed by atoms with Gasteiger partial charge in [0, 0.05) is 0 Å². The lowest BCUT2D eigenvalue weighted by atomic mass is 9.96. The second kappa shape index (κ2) is 1.58. The molecule has 2 nitrogen and oxygen atoms in total. The van der Waals surface area contributed by atoms with Crippen molar-refractivity contribution in [2.24, 2.45) is 5.92 Å². The zero-order valence-electron chi connectivity index (χ0n) is 4.95. The highest BCUT2D eigenvalue weighted by atomic mass is 16.5. The van der Waals surface area contributed by atoms with Gasteiger partial charge in [0.15, 0.2) is 0 Å². The molecule has 0 aromatic rings. The Hall–Kier alpha value is -0.810. The molecule has 46 valence electrons. The third-order valence-corrected chi connectivity index (χ3v) is 1.90. The van der Waals surface area contributed by atoms with E-state index in [1.54, 1.807) is 0 Å². The number of nitriles is 1. The van der Waals surface area contributed by atoms with Crippen LogP contribution in [-0.4, -0.2) is 12.2 Å². The lowest BCUT2D eigenvalue weighted by Gasteiger charge is -2.03. The molecule has 0 amide bonds. The number of rotatable bonds is 0. The molecule has 3 atom stereocenters. The first-order valence-corrected chi connectivity index (χ1v) is 3.13. The third kappa shape index (κ3) is 0.585. The van der Waals surface area contributed by atoms with Gasteiger partial charge in [-0.25, -0.2) is 0 Å². The Morgan fingerprint density at radius 2 is 2.44 bits per heavy atom. The fourth-order valence-corrected chi connectivity index (χ4v) is 1.40. The monoisotopic (exact) mass is 121 g/mol. The SMILES string of the molecule is N#C[C@@H]1CC2C=CC1O2. The Bertz CT molecular complexity index is 192. The van der Waals surface area contributed by atoms with Crippen molar-refractivity contribution >= 4 is 0 Å². The summed E-state index contributed by atoms with van der Waals surface area (Å²) in [4.78, 5) is 0. The van der Waals surface area contributed by atoms with Crippen LogP contribution in [0.5, 0.6) is 0 Å². The predicted octanol–water partition coefficient (Wildman–Crippen LogP) is 0.853. The second-order valence-corrected chi connectivity index (χ2v) is 2.50. The molecule has 0 spiro atoms. The number of ether oxygens (including phenoxy) is 1. The topological polar surface area (TPSA) is 33.0 Å². The summed E-state index contributed by atoms with van der Waals surface area (Å²) < 4.78 is 5.34. The van der Waals surface area contributed by atoms with Crippen LogP contribution in [0.4, 0.5) is 0 Å². The van der Waals surface area contributed by atoms with Crippen molar-refractivity contribution in [1.82, 2.24) is 0 Å². The average Bonchev–Trinajstić information content (AvgIpc) is 2.45. The molecule has 2 aliphatic rings. The molecule has 0 aromatic carbocycles. The molecule has 0 radical (unpaired) electrons. The number of hydrogen-bond donors (Lipinski definition) is 0. The van der Waals surface area contributed by atoms with Crippen LogP contribution in [0.2, 0.25) is 0 Å².